The molecule has 0 fully saturated rings. The van der Waals surface area contributed by atoms with Gasteiger partial charge >= 0.3 is 0 Å². The summed E-state index contributed by atoms with van der Waals surface area (Å²) < 4.78 is 5.63. The van der Waals surface area contributed by atoms with E-state index < -0.39 is 0 Å². The first-order chi connectivity index (χ1) is 10.4. The van der Waals surface area contributed by atoms with Crippen molar-refractivity contribution in [3.63, 3.8) is 0 Å². The van der Waals surface area contributed by atoms with Gasteiger partial charge in [-0.1, -0.05) is 29.3 Å². The van der Waals surface area contributed by atoms with Gasteiger partial charge in [0.15, 0.2) is 0 Å². The van der Waals surface area contributed by atoms with Crippen molar-refractivity contribution in [2.45, 2.75) is 0 Å². The van der Waals surface area contributed by atoms with Gasteiger partial charge in [-0.15, -0.1) is 0 Å². The van der Waals surface area contributed by atoms with Gasteiger partial charge in [-0.2, -0.15) is 5.26 Å². The second-order valence-corrected chi connectivity index (χ2v) is 5.46. The van der Waals surface area contributed by atoms with Crippen LogP contribution in [0.1, 0.15) is 5.76 Å². The number of likely N-dealkylation sites (N-methyl/N-ethyl adjacent to an activating group) is 1. The molecule has 0 bridgehead atoms. The molecular weight excluding hydrogens is 323 g/mol. The van der Waals surface area contributed by atoms with Gasteiger partial charge in [-0.3, -0.25) is 4.79 Å². The molecule has 2 aromatic rings. The number of benzene rings is 1. The molecule has 1 heterocycles. The van der Waals surface area contributed by atoms with E-state index in [0.29, 0.717) is 27.1 Å². The van der Waals surface area contributed by atoms with Crippen LogP contribution in [0.25, 0.3) is 17.4 Å². The first kappa shape index (κ1) is 16.2. The van der Waals surface area contributed by atoms with Crippen molar-refractivity contribution in [2.24, 2.45) is 0 Å². The number of rotatable bonds is 3. The van der Waals surface area contributed by atoms with Crippen molar-refractivity contribution in [2.75, 3.05) is 14.1 Å². The maximum atomic E-state index is 11.8. The standard InChI is InChI=1S/C16H12Cl2N2O2/c1-20(2)16(21)10(9-19)8-11-6-7-14(22-11)12-4-3-5-13(17)15(12)18/h3-8H,1-2H3/b10-8+. The van der Waals surface area contributed by atoms with Gasteiger partial charge in [-0.05, 0) is 24.3 Å². The second kappa shape index (κ2) is 6.69. The van der Waals surface area contributed by atoms with Crippen LogP contribution in [0.2, 0.25) is 10.0 Å². The fourth-order valence-corrected chi connectivity index (χ4v) is 2.19. The van der Waals surface area contributed by atoms with Gasteiger partial charge in [0.25, 0.3) is 5.91 Å². The van der Waals surface area contributed by atoms with E-state index in [4.69, 9.17) is 32.9 Å². The molecule has 112 valence electrons. The molecule has 2 rings (SSSR count). The number of amides is 1. The Hall–Kier alpha value is -2.22. The van der Waals surface area contributed by atoms with Crippen LogP contribution in [0.15, 0.2) is 40.3 Å². The summed E-state index contributed by atoms with van der Waals surface area (Å²) in [7, 11) is 3.15. The summed E-state index contributed by atoms with van der Waals surface area (Å²) in [5.41, 5.74) is 0.634. The second-order valence-electron chi connectivity index (χ2n) is 4.67. The average Bonchev–Trinajstić information content (AvgIpc) is 2.95. The number of carbonyl (C=O) groups is 1. The smallest absolute Gasteiger partial charge is 0.264 e. The van der Waals surface area contributed by atoms with E-state index in [1.165, 1.54) is 11.0 Å². The number of nitriles is 1. The lowest BCUT2D eigenvalue weighted by molar-refractivity contribution is -0.124. The average molecular weight is 335 g/mol. The third-order valence-electron chi connectivity index (χ3n) is 2.89. The molecule has 0 aliphatic carbocycles. The minimum atomic E-state index is -0.388. The number of hydrogen-bond acceptors (Lipinski definition) is 3. The molecule has 0 saturated heterocycles. The molecule has 0 unspecified atom stereocenters. The van der Waals surface area contributed by atoms with Crippen LogP contribution < -0.4 is 0 Å². The van der Waals surface area contributed by atoms with E-state index in [9.17, 15) is 4.79 Å². The summed E-state index contributed by atoms with van der Waals surface area (Å²) in [5.74, 6) is 0.507. The Morgan fingerprint density at radius 3 is 2.64 bits per heavy atom. The Labute approximate surface area is 138 Å². The highest BCUT2D eigenvalue weighted by Crippen LogP contribution is 2.34. The highest BCUT2D eigenvalue weighted by atomic mass is 35.5. The molecule has 1 aromatic heterocycles. The zero-order chi connectivity index (χ0) is 16.3. The minimum Gasteiger partial charge on any atom is -0.457 e. The third-order valence-corrected chi connectivity index (χ3v) is 3.71. The molecule has 0 aliphatic heterocycles. The predicted octanol–water partition coefficient (Wildman–Crippen LogP) is 4.25. The Kier molecular flexibility index (Phi) is 4.92. The quantitative estimate of drug-likeness (QED) is 0.622. The lowest BCUT2D eigenvalue weighted by Gasteiger charge is -2.07. The third kappa shape index (κ3) is 3.33. The first-order valence-corrected chi connectivity index (χ1v) is 7.07. The topological polar surface area (TPSA) is 57.2 Å². The highest BCUT2D eigenvalue weighted by molar-refractivity contribution is 6.43. The number of carbonyl (C=O) groups excluding carboxylic acids is 1. The summed E-state index contributed by atoms with van der Waals surface area (Å²) in [6.07, 6.45) is 1.39. The summed E-state index contributed by atoms with van der Waals surface area (Å²) in [5, 5.41) is 9.88. The van der Waals surface area contributed by atoms with Crippen LogP contribution in [-0.4, -0.2) is 24.9 Å². The Balaban J connectivity index is 2.38. The lowest BCUT2D eigenvalue weighted by atomic mass is 10.2. The van der Waals surface area contributed by atoms with Crippen molar-refractivity contribution in [1.29, 1.82) is 5.26 Å². The highest BCUT2D eigenvalue weighted by Gasteiger charge is 2.14. The van der Waals surface area contributed by atoms with Crippen LogP contribution in [0.5, 0.6) is 0 Å². The molecule has 1 aromatic carbocycles. The van der Waals surface area contributed by atoms with Crippen LogP contribution in [0.3, 0.4) is 0 Å². The summed E-state index contributed by atoms with van der Waals surface area (Å²) in [6.45, 7) is 0. The molecular formula is C16H12Cl2N2O2. The first-order valence-electron chi connectivity index (χ1n) is 6.31. The number of halogens is 2. The van der Waals surface area contributed by atoms with Crippen LogP contribution in [-0.2, 0) is 4.79 Å². The van der Waals surface area contributed by atoms with Crippen molar-refractivity contribution in [3.8, 4) is 17.4 Å². The summed E-state index contributed by atoms with van der Waals surface area (Å²) in [6, 6.07) is 10.4. The molecule has 22 heavy (non-hydrogen) atoms. The van der Waals surface area contributed by atoms with Crippen molar-refractivity contribution in [3.05, 3.63) is 51.7 Å². The van der Waals surface area contributed by atoms with Gasteiger partial charge in [0, 0.05) is 25.7 Å². The minimum absolute atomic E-state index is 0.0110. The summed E-state index contributed by atoms with van der Waals surface area (Å²) >= 11 is 12.1. The molecule has 0 N–H and O–H groups in total. The van der Waals surface area contributed by atoms with Gasteiger partial charge in [0.1, 0.15) is 23.2 Å². The van der Waals surface area contributed by atoms with Crippen LogP contribution >= 0.6 is 23.2 Å². The van der Waals surface area contributed by atoms with E-state index in [1.54, 1.807) is 44.4 Å². The Morgan fingerprint density at radius 1 is 1.27 bits per heavy atom. The lowest BCUT2D eigenvalue weighted by Crippen LogP contribution is -2.22. The van der Waals surface area contributed by atoms with Gasteiger partial charge in [0.05, 0.1) is 10.0 Å². The fraction of sp³-hybridized carbons (Fsp3) is 0.125. The van der Waals surface area contributed by atoms with Crippen molar-refractivity contribution < 1.29 is 9.21 Å². The monoisotopic (exact) mass is 334 g/mol. The molecule has 0 spiro atoms. The molecule has 1 amide bonds. The van der Waals surface area contributed by atoms with Gasteiger partial charge < -0.3 is 9.32 Å². The number of furan rings is 1. The molecule has 0 atom stereocenters. The van der Waals surface area contributed by atoms with Crippen LogP contribution in [0.4, 0.5) is 0 Å². The van der Waals surface area contributed by atoms with E-state index in [2.05, 4.69) is 0 Å². The van der Waals surface area contributed by atoms with Crippen molar-refractivity contribution >= 4 is 35.2 Å². The van der Waals surface area contributed by atoms with E-state index in [-0.39, 0.29) is 11.5 Å². The van der Waals surface area contributed by atoms with Gasteiger partial charge in [-0.25, -0.2) is 0 Å². The maximum absolute atomic E-state index is 11.8. The summed E-state index contributed by atoms with van der Waals surface area (Å²) in [4.78, 5) is 13.1. The normalized spacial score (nSPS) is 11.1. The Morgan fingerprint density at radius 2 is 2.00 bits per heavy atom. The largest absolute Gasteiger partial charge is 0.457 e. The molecule has 6 heteroatoms. The number of nitrogens with zero attached hydrogens (tertiary/aromatic N) is 2. The molecule has 4 nitrogen and oxygen atoms in total. The molecule has 0 aliphatic rings. The molecule has 0 saturated carbocycles. The SMILES string of the molecule is CN(C)C(=O)/C(C#N)=C/c1ccc(-c2cccc(Cl)c2Cl)o1. The van der Waals surface area contributed by atoms with Crippen molar-refractivity contribution in [1.82, 2.24) is 4.90 Å². The van der Waals surface area contributed by atoms with E-state index in [0.717, 1.165) is 0 Å². The number of hydrogen-bond donors (Lipinski definition) is 0. The predicted molar refractivity (Wildman–Crippen MR) is 86.4 cm³/mol. The van der Waals surface area contributed by atoms with Gasteiger partial charge in [0.2, 0.25) is 0 Å². The Bertz CT molecular complexity index is 786. The zero-order valence-corrected chi connectivity index (χ0v) is 13.4. The maximum Gasteiger partial charge on any atom is 0.264 e. The van der Waals surface area contributed by atoms with Crippen LogP contribution in [0, 0.1) is 11.3 Å². The molecule has 0 radical (unpaired) electrons. The van der Waals surface area contributed by atoms with E-state index in [1.807, 2.05) is 6.07 Å². The fourth-order valence-electron chi connectivity index (χ4n) is 1.79. The van der Waals surface area contributed by atoms with E-state index >= 15 is 0 Å². The zero-order valence-electron chi connectivity index (χ0n) is 11.9.